The third kappa shape index (κ3) is 4.73. The lowest BCUT2D eigenvalue weighted by molar-refractivity contribution is -0.159. The summed E-state index contributed by atoms with van der Waals surface area (Å²) < 4.78 is 5.31. The van der Waals surface area contributed by atoms with Gasteiger partial charge in [-0.05, 0) is 35.7 Å². The van der Waals surface area contributed by atoms with Crippen molar-refractivity contribution in [2.75, 3.05) is 32.1 Å². The van der Waals surface area contributed by atoms with Crippen LogP contribution in [0.2, 0.25) is 0 Å². The highest BCUT2D eigenvalue weighted by Crippen LogP contribution is 2.43. The van der Waals surface area contributed by atoms with Crippen LogP contribution in [0.15, 0.2) is 48.5 Å². The van der Waals surface area contributed by atoms with Crippen LogP contribution in [-0.2, 0) is 4.79 Å². The normalized spacial score (nSPS) is 21.3. The second-order valence-electron chi connectivity index (χ2n) is 9.18. The van der Waals surface area contributed by atoms with Crippen LogP contribution in [0.1, 0.15) is 37.3 Å². The van der Waals surface area contributed by atoms with Crippen LogP contribution in [0.5, 0.6) is 5.75 Å². The molecule has 7 heteroatoms. The van der Waals surface area contributed by atoms with Gasteiger partial charge in [-0.1, -0.05) is 50.0 Å². The van der Waals surface area contributed by atoms with Crippen LogP contribution in [0.4, 0.5) is 10.5 Å². The number of ether oxygens (including phenoxy) is 1. The minimum atomic E-state index is -0.348. The van der Waals surface area contributed by atoms with Crippen molar-refractivity contribution in [2.45, 2.75) is 38.3 Å². The molecule has 3 atom stereocenters. The maximum absolute atomic E-state index is 13.0. The van der Waals surface area contributed by atoms with E-state index in [1.54, 1.807) is 24.1 Å². The quantitative estimate of drug-likeness (QED) is 0.670. The van der Waals surface area contributed by atoms with Crippen molar-refractivity contribution in [3.8, 4) is 17.6 Å². The number of benzene rings is 2. The average molecular weight is 462 g/mol. The number of amides is 3. The van der Waals surface area contributed by atoms with Crippen LogP contribution in [0.3, 0.4) is 0 Å². The molecule has 2 saturated heterocycles. The highest BCUT2D eigenvalue weighted by molar-refractivity contribution is 5.94. The van der Waals surface area contributed by atoms with Crippen molar-refractivity contribution < 1.29 is 19.4 Å². The number of carbonyl (C=O) groups is 2. The van der Waals surface area contributed by atoms with Crippen molar-refractivity contribution in [1.82, 2.24) is 9.80 Å². The van der Waals surface area contributed by atoms with E-state index in [0.29, 0.717) is 23.9 Å². The van der Waals surface area contributed by atoms with Gasteiger partial charge in [0.1, 0.15) is 12.3 Å². The van der Waals surface area contributed by atoms with Crippen LogP contribution in [0.25, 0.3) is 0 Å². The molecule has 2 N–H and O–H groups in total. The van der Waals surface area contributed by atoms with Crippen LogP contribution >= 0.6 is 0 Å². The lowest BCUT2D eigenvalue weighted by atomic mass is 9.73. The van der Waals surface area contributed by atoms with E-state index in [1.807, 2.05) is 36.4 Å². The molecule has 7 nitrogen and oxygen atoms in total. The SMILES string of the molecule is COc1ccccc1NC(=O)N1CC(=O)N2[C@H](CO)[C@H](c3ccc(C#CCC(C)C)cc3)[C@@H]2C1. The Bertz CT molecular complexity index is 1100. The van der Waals surface area contributed by atoms with Gasteiger partial charge in [-0.2, -0.15) is 0 Å². The Morgan fingerprint density at radius 2 is 1.94 bits per heavy atom. The number of carbonyl (C=O) groups excluding carboxylic acids is 2. The van der Waals surface area contributed by atoms with Crippen molar-refractivity contribution in [1.29, 1.82) is 0 Å². The van der Waals surface area contributed by atoms with E-state index in [2.05, 4.69) is 31.0 Å². The summed E-state index contributed by atoms with van der Waals surface area (Å²) in [4.78, 5) is 29.1. The lowest BCUT2D eigenvalue weighted by Gasteiger charge is -2.58. The van der Waals surface area contributed by atoms with Crippen LogP contribution in [-0.4, -0.2) is 65.7 Å². The van der Waals surface area contributed by atoms with Gasteiger partial charge in [-0.15, -0.1) is 0 Å². The number of aliphatic hydroxyl groups is 1. The van der Waals surface area contributed by atoms with Crippen molar-refractivity contribution in [3.63, 3.8) is 0 Å². The number of hydrogen-bond donors (Lipinski definition) is 2. The van der Waals surface area contributed by atoms with E-state index in [-0.39, 0.29) is 43.1 Å². The molecule has 0 radical (unpaired) electrons. The number of urea groups is 1. The van der Waals surface area contributed by atoms with E-state index < -0.39 is 0 Å². The standard InChI is InChI=1S/C27H31N3O4/c1-18(2)7-6-8-19-11-13-20(14-12-19)26-22-15-29(16-25(32)30(22)23(26)17-31)27(33)28-21-9-4-5-10-24(21)34-3/h4-5,9-14,18,22-23,26,31H,7,15-17H2,1-3H3,(H,28,33)/t22-,23+,26+/m0/s1. The second-order valence-corrected chi connectivity index (χ2v) is 9.18. The molecular formula is C27H31N3O4. The molecule has 0 saturated carbocycles. The molecule has 2 aliphatic heterocycles. The second kappa shape index (κ2) is 10.2. The maximum atomic E-state index is 13.0. The number of anilines is 1. The molecule has 0 unspecified atom stereocenters. The summed E-state index contributed by atoms with van der Waals surface area (Å²) in [5.74, 6) is 7.26. The fourth-order valence-corrected chi connectivity index (χ4v) is 4.74. The Hall–Kier alpha value is -3.50. The summed E-state index contributed by atoms with van der Waals surface area (Å²) in [6.07, 6.45) is 0.850. The minimum absolute atomic E-state index is 0.0227. The maximum Gasteiger partial charge on any atom is 0.322 e. The average Bonchev–Trinajstić information content (AvgIpc) is 2.81. The van der Waals surface area contributed by atoms with Gasteiger partial charge in [-0.25, -0.2) is 4.79 Å². The zero-order valence-electron chi connectivity index (χ0n) is 19.8. The van der Waals surface area contributed by atoms with Crippen molar-refractivity contribution >= 4 is 17.6 Å². The summed E-state index contributed by atoms with van der Waals surface area (Å²) in [6, 6.07) is 14.3. The van der Waals surface area contributed by atoms with E-state index in [9.17, 15) is 14.7 Å². The highest BCUT2D eigenvalue weighted by Gasteiger charge is 2.54. The Kier molecular flexibility index (Phi) is 7.09. The highest BCUT2D eigenvalue weighted by atomic mass is 16.5. The first-order valence-corrected chi connectivity index (χ1v) is 11.6. The number of nitrogens with one attached hydrogen (secondary N) is 1. The van der Waals surface area contributed by atoms with E-state index in [4.69, 9.17) is 4.74 Å². The number of methoxy groups -OCH3 is 1. The summed E-state index contributed by atoms with van der Waals surface area (Å²) in [5, 5.41) is 12.9. The molecule has 34 heavy (non-hydrogen) atoms. The summed E-state index contributed by atoms with van der Waals surface area (Å²) in [6.45, 7) is 4.53. The molecule has 0 bridgehead atoms. The molecular weight excluding hydrogens is 430 g/mol. The molecule has 2 aromatic rings. The minimum Gasteiger partial charge on any atom is -0.495 e. The van der Waals surface area contributed by atoms with Crippen molar-refractivity contribution in [3.05, 3.63) is 59.7 Å². The van der Waals surface area contributed by atoms with Gasteiger partial charge in [0, 0.05) is 24.4 Å². The van der Waals surface area contributed by atoms with Gasteiger partial charge in [0.15, 0.2) is 0 Å². The topological polar surface area (TPSA) is 82.1 Å². The molecule has 0 aliphatic carbocycles. The zero-order chi connectivity index (χ0) is 24.2. The van der Waals surface area contributed by atoms with Gasteiger partial charge in [0.05, 0.1) is 31.5 Å². The molecule has 0 aromatic heterocycles. The molecule has 2 heterocycles. The first-order valence-electron chi connectivity index (χ1n) is 11.6. The number of rotatable bonds is 5. The molecule has 3 amide bonds. The monoisotopic (exact) mass is 461 g/mol. The van der Waals surface area contributed by atoms with Crippen LogP contribution < -0.4 is 10.1 Å². The van der Waals surface area contributed by atoms with Gasteiger partial charge < -0.3 is 25.0 Å². The largest absolute Gasteiger partial charge is 0.495 e. The molecule has 4 rings (SSSR count). The number of piperazine rings is 1. The van der Waals surface area contributed by atoms with E-state index >= 15 is 0 Å². The Morgan fingerprint density at radius 3 is 2.62 bits per heavy atom. The van der Waals surface area contributed by atoms with Crippen molar-refractivity contribution in [2.24, 2.45) is 5.92 Å². The fourth-order valence-electron chi connectivity index (χ4n) is 4.74. The zero-order valence-corrected chi connectivity index (χ0v) is 19.8. The number of aliphatic hydroxyl groups excluding tert-OH is 1. The fraction of sp³-hybridized carbons (Fsp3) is 0.407. The predicted molar refractivity (Wildman–Crippen MR) is 131 cm³/mol. The van der Waals surface area contributed by atoms with E-state index in [1.165, 1.54) is 4.90 Å². The van der Waals surface area contributed by atoms with Gasteiger partial charge in [-0.3, -0.25) is 4.79 Å². The summed E-state index contributed by atoms with van der Waals surface area (Å²) >= 11 is 0. The number of nitrogens with zero attached hydrogens (tertiary/aromatic N) is 2. The lowest BCUT2D eigenvalue weighted by Crippen LogP contribution is -2.73. The molecule has 0 spiro atoms. The summed E-state index contributed by atoms with van der Waals surface area (Å²) in [5.41, 5.74) is 2.53. The molecule has 178 valence electrons. The number of fused-ring (bicyclic) bond motifs is 1. The predicted octanol–water partition coefficient (Wildman–Crippen LogP) is 3.30. The third-order valence-electron chi connectivity index (χ3n) is 6.43. The van der Waals surface area contributed by atoms with Gasteiger partial charge in [0.25, 0.3) is 0 Å². The molecule has 2 aromatic carbocycles. The first kappa shape index (κ1) is 23.7. The Balaban J connectivity index is 1.49. The summed E-state index contributed by atoms with van der Waals surface area (Å²) in [7, 11) is 1.54. The Morgan fingerprint density at radius 1 is 1.21 bits per heavy atom. The smallest absolute Gasteiger partial charge is 0.322 e. The number of para-hydroxylation sites is 2. The molecule has 2 fully saturated rings. The van der Waals surface area contributed by atoms with E-state index in [0.717, 1.165) is 17.5 Å². The third-order valence-corrected chi connectivity index (χ3v) is 6.43. The Labute approximate surface area is 200 Å². The number of hydrogen-bond acceptors (Lipinski definition) is 4. The molecule has 2 aliphatic rings. The van der Waals surface area contributed by atoms with Crippen LogP contribution in [0, 0.1) is 17.8 Å². The van der Waals surface area contributed by atoms with Gasteiger partial charge in [0.2, 0.25) is 5.91 Å². The van der Waals surface area contributed by atoms with Gasteiger partial charge >= 0.3 is 6.03 Å². The first-order chi connectivity index (χ1) is 16.4.